The van der Waals surface area contributed by atoms with Crippen LogP contribution in [-0.2, 0) is 14.3 Å². The molecule has 6 nitrogen and oxygen atoms in total. The Morgan fingerprint density at radius 3 is 2.35 bits per heavy atom. The number of carbonyl (C=O) groups excluding carboxylic acids is 3. The van der Waals surface area contributed by atoms with E-state index in [0.29, 0.717) is 17.7 Å². The first-order valence-electron chi connectivity index (χ1n) is 8.85. The fourth-order valence-electron chi connectivity index (χ4n) is 2.53. The minimum Gasteiger partial charge on any atom is -0.467 e. The highest BCUT2D eigenvalue weighted by atomic mass is 16.5. The van der Waals surface area contributed by atoms with Crippen LogP contribution in [0.2, 0.25) is 0 Å². The average molecular weight is 360 g/mol. The molecule has 26 heavy (non-hydrogen) atoms. The molecule has 0 heterocycles. The number of esters is 1. The van der Waals surface area contributed by atoms with Crippen LogP contribution in [0.5, 0.6) is 0 Å². The molecule has 1 aromatic rings. The van der Waals surface area contributed by atoms with E-state index in [1.54, 1.807) is 24.3 Å². The molecule has 2 amide bonds. The van der Waals surface area contributed by atoms with Gasteiger partial charge in [-0.1, -0.05) is 25.3 Å². The number of rotatable bonds is 11. The summed E-state index contributed by atoms with van der Waals surface area (Å²) < 4.78 is 4.79. The van der Waals surface area contributed by atoms with Crippen LogP contribution in [0.3, 0.4) is 0 Å². The van der Waals surface area contributed by atoms with E-state index in [1.165, 1.54) is 14.0 Å². The summed E-state index contributed by atoms with van der Waals surface area (Å²) >= 11 is 0. The summed E-state index contributed by atoms with van der Waals surface area (Å²) in [6, 6.07) is 5.82. The Morgan fingerprint density at radius 1 is 1.12 bits per heavy atom. The van der Waals surface area contributed by atoms with E-state index < -0.39 is 12.0 Å². The first-order chi connectivity index (χ1) is 12.5. The Labute approximate surface area is 155 Å². The van der Waals surface area contributed by atoms with Gasteiger partial charge in [-0.3, -0.25) is 9.59 Å². The second-order valence-electron chi connectivity index (χ2n) is 6.09. The molecule has 1 rings (SSSR count). The Bertz CT molecular complexity index is 611. The van der Waals surface area contributed by atoms with Gasteiger partial charge in [0.1, 0.15) is 6.04 Å². The lowest BCUT2D eigenvalue weighted by Gasteiger charge is -2.16. The van der Waals surface area contributed by atoms with Crippen molar-refractivity contribution in [3.63, 3.8) is 0 Å². The summed E-state index contributed by atoms with van der Waals surface area (Å²) in [6.45, 7) is 5.11. The zero-order chi connectivity index (χ0) is 19.4. The molecule has 0 saturated carbocycles. The molecule has 0 fully saturated rings. The van der Waals surface area contributed by atoms with Gasteiger partial charge in [0.05, 0.1) is 7.11 Å². The van der Waals surface area contributed by atoms with Crippen molar-refractivity contribution in [2.75, 3.05) is 12.4 Å². The first-order valence-corrected chi connectivity index (χ1v) is 8.85. The Hall–Kier alpha value is -2.63. The van der Waals surface area contributed by atoms with E-state index in [2.05, 4.69) is 17.2 Å². The number of unbranched alkanes of at least 4 members (excludes halogenated alkanes) is 4. The molecule has 2 N–H and O–H groups in total. The third kappa shape index (κ3) is 7.96. The summed E-state index contributed by atoms with van der Waals surface area (Å²) in [6.07, 6.45) is 7.40. The smallest absolute Gasteiger partial charge is 0.328 e. The molecule has 0 unspecified atom stereocenters. The standard InChI is InChI=1S/C20H28N2O4/c1-4-5-6-7-8-9-10-18(20(25)26-3)22-19(24)16-11-13-17(14-12-16)21-15(2)23/h4,11-14,18H,1,5-10H2,2-3H3,(H,21,23)(H,22,24)/t18-/m1/s1. The molecule has 0 aromatic heterocycles. The van der Waals surface area contributed by atoms with E-state index in [1.807, 2.05) is 6.08 Å². The minimum absolute atomic E-state index is 0.180. The maximum atomic E-state index is 12.4. The number of hydrogen-bond donors (Lipinski definition) is 2. The van der Waals surface area contributed by atoms with Crippen LogP contribution in [0.1, 0.15) is 55.8 Å². The van der Waals surface area contributed by atoms with Crippen LogP contribution in [0.4, 0.5) is 5.69 Å². The van der Waals surface area contributed by atoms with E-state index in [0.717, 1.165) is 32.1 Å². The van der Waals surface area contributed by atoms with E-state index in [9.17, 15) is 14.4 Å². The lowest BCUT2D eigenvalue weighted by Crippen LogP contribution is -2.41. The molecule has 0 aliphatic rings. The minimum atomic E-state index is -0.665. The fraction of sp³-hybridized carbons (Fsp3) is 0.450. The van der Waals surface area contributed by atoms with Crippen molar-refractivity contribution < 1.29 is 19.1 Å². The zero-order valence-corrected chi connectivity index (χ0v) is 15.5. The van der Waals surface area contributed by atoms with Gasteiger partial charge in [0.25, 0.3) is 5.91 Å². The first kappa shape index (κ1) is 21.4. The topological polar surface area (TPSA) is 84.5 Å². The van der Waals surface area contributed by atoms with E-state index in [4.69, 9.17) is 4.74 Å². The molecule has 0 saturated heterocycles. The highest BCUT2D eigenvalue weighted by Crippen LogP contribution is 2.12. The van der Waals surface area contributed by atoms with Crippen molar-refractivity contribution in [3.05, 3.63) is 42.5 Å². The molecule has 0 spiro atoms. The van der Waals surface area contributed by atoms with Crippen molar-refractivity contribution in [1.29, 1.82) is 0 Å². The van der Waals surface area contributed by atoms with Crippen molar-refractivity contribution in [2.45, 2.75) is 51.5 Å². The van der Waals surface area contributed by atoms with Gasteiger partial charge in [0.2, 0.25) is 5.91 Å². The van der Waals surface area contributed by atoms with Crippen molar-refractivity contribution in [2.24, 2.45) is 0 Å². The Balaban J connectivity index is 2.57. The molecule has 142 valence electrons. The van der Waals surface area contributed by atoms with Gasteiger partial charge in [-0.2, -0.15) is 0 Å². The lowest BCUT2D eigenvalue weighted by atomic mass is 10.1. The van der Waals surface area contributed by atoms with Crippen molar-refractivity contribution in [3.8, 4) is 0 Å². The zero-order valence-electron chi connectivity index (χ0n) is 15.5. The van der Waals surface area contributed by atoms with Crippen LogP contribution < -0.4 is 10.6 Å². The Morgan fingerprint density at radius 2 is 1.77 bits per heavy atom. The molecular formula is C20H28N2O4. The monoisotopic (exact) mass is 360 g/mol. The number of ether oxygens (including phenoxy) is 1. The number of methoxy groups -OCH3 is 1. The second kappa shape index (κ2) is 11.8. The third-order valence-corrected chi connectivity index (χ3v) is 3.91. The van der Waals surface area contributed by atoms with Crippen molar-refractivity contribution in [1.82, 2.24) is 5.32 Å². The number of amides is 2. The molecule has 1 atom stereocenters. The lowest BCUT2D eigenvalue weighted by molar-refractivity contribution is -0.143. The van der Waals surface area contributed by atoms with Crippen molar-refractivity contribution >= 4 is 23.5 Å². The van der Waals surface area contributed by atoms with Crippen LogP contribution >= 0.6 is 0 Å². The SMILES string of the molecule is C=CCCCCCC[C@@H](NC(=O)c1ccc(NC(C)=O)cc1)C(=O)OC. The third-order valence-electron chi connectivity index (χ3n) is 3.91. The Kier molecular flexibility index (Phi) is 9.75. The normalized spacial score (nSPS) is 11.3. The molecule has 0 aliphatic heterocycles. The van der Waals surface area contributed by atoms with Gasteiger partial charge in [-0.05, 0) is 43.5 Å². The van der Waals surface area contributed by atoms with E-state index in [-0.39, 0.29) is 11.8 Å². The number of hydrogen-bond acceptors (Lipinski definition) is 4. The highest BCUT2D eigenvalue weighted by molar-refractivity contribution is 5.97. The summed E-state index contributed by atoms with van der Waals surface area (Å²) in [4.78, 5) is 35.3. The molecule has 1 aromatic carbocycles. The highest BCUT2D eigenvalue weighted by Gasteiger charge is 2.21. The average Bonchev–Trinajstić information content (AvgIpc) is 2.62. The number of nitrogens with one attached hydrogen (secondary N) is 2. The molecule has 0 aliphatic carbocycles. The van der Waals surface area contributed by atoms with E-state index >= 15 is 0 Å². The maximum Gasteiger partial charge on any atom is 0.328 e. The van der Waals surface area contributed by atoms with Gasteiger partial charge in [-0.15, -0.1) is 6.58 Å². The summed E-state index contributed by atoms with van der Waals surface area (Å²) in [7, 11) is 1.31. The molecule has 6 heteroatoms. The molecule has 0 radical (unpaired) electrons. The summed E-state index contributed by atoms with van der Waals surface area (Å²) in [5, 5.41) is 5.37. The summed E-state index contributed by atoms with van der Waals surface area (Å²) in [5.41, 5.74) is 1.03. The predicted molar refractivity (Wildman–Crippen MR) is 102 cm³/mol. The number of carbonyl (C=O) groups is 3. The molecular weight excluding hydrogens is 332 g/mol. The largest absolute Gasteiger partial charge is 0.467 e. The second-order valence-corrected chi connectivity index (χ2v) is 6.09. The quantitative estimate of drug-likeness (QED) is 0.360. The van der Waals surface area contributed by atoms with Gasteiger partial charge in [-0.25, -0.2) is 4.79 Å². The van der Waals surface area contributed by atoms with Gasteiger partial charge in [0.15, 0.2) is 0 Å². The number of benzene rings is 1. The number of allylic oxidation sites excluding steroid dienone is 1. The molecule has 0 bridgehead atoms. The van der Waals surface area contributed by atoms with Crippen LogP contribution in [0.25, 0.3) is 0 Å². The van der Waals surface area contributed by atoms with Crippen LogP contribution in [0.15, 0.2) is 36.9 Å². The van der Waals surface area contributed by atoms with Gasteiger partial charge in [0, 0.05) is 18.2 Å². The van der Waals surface area contributed by atoms with Gasteiger partial charge >= 0.3 is 5.97 Å². The maximum absolute atomic E-state index is 12.4. The fourth-order valence-corrected chi connectivity index (χ4v) is 2.53. The van der Waals surface area contributed by atoms with Crippen LogP contribution in [-0.4, -0.2) is 30.9 Å². The summed E-state index contributed by atoms with van der Waals surface area (Å²) in [5.74, 6) is -0.971. The van der Waals surface area contributed by atoms with Gasteiger partial charge < -0.3 is 15.4 Å². The number of anilines is 1. The predicted octanol–water partition coefficient (Wildman–Crippen LogP) is 3.44. The van der Waals surface area contributed by atoms with Crippen LogP contribution in [0, 0.1) is 0 Å².